The maximum absolute atomic E-state index is 14.5. The van der Waals surface area contributed by atoms with Crippen molar-refractivity contribution in [3.8, 4) is 11.6 Å². The second-order valence-electron chi connectivity index (χ2n) is 12.5. The first-order valence-corrected chi connectivity index (χ1v) is 16.6. The van der Waals surface area contributed by atoms with Crippen LogP contribution in [0.15, 0.2) is 54.2 Å². The van der Waals surface area contributed by atoms with Crippen molar-refractivity contribution in [2.24, 2.45) is 5.73 Å². The summed E-state index contributed by atoms with van der Waals surface area (Å²) in [6, 6.07) is 12.7. The molecule has 3 N–H and O–H groups in total. The average molecular weight is 665 g/mol. The van der Waals surface area contributed by atoms with Crippen LogP contribution in [0, 0.1) is 18.6 Å². The average Bonchev–Trinajstić information content (AvgIpc) is 3.84. The number of carbonyl (C=O) groups is 2. The van der Waals surface area contributed by atoms with Crippen molar-refractivity contribution in [3.63, 3.8) is 0 Å². The van der Waals surface area contributed by atoms with Crippen LogP contribution in [0.3, 0.4) is 0 Å². The molecule has 2 bridgehead atoms. The summed E-state index contributed by atoms with van der Waals surface area (Å²) in [6.45, 7) is 2.71. The molecule has 8 nitrogen and oxygen atoms in total. The van der Waals surface area contributed by atoms with Gasteiger partial charge in [-0.05, 0) is 92.3 Å². The van der Waals surface area contributed by atoms with Gasteiger partial charge in [0.25, 0.3) is 5.91 Å². The first kappa shape index (κ1) is 32.9. The third-order valence-corrected chi connectivity index (χ3v) is 9.55. The van der Waals surface area contributed by atoms with Crippen molar-refractivity contribution in [2.75, 3.05) is 13.2 Å². The number of hydrogen-bond donors (Lipinski definition) is 2. The predicted octanol–water partition coefficient (Wildman–Crippen LogP) is 6.06. The number of rotatable bonds is 14. The van der Waals surface area contributed by atoms with Crippen molar-refractivity contribution in [2.45, 2.75) is 83.0 Å². The molecule has 1 aromatic heterocycles. The minimum absolute atomic E-state index is 0.00981. The molecule has 2 atom stereocenters. The minimum atomic E-state index is -0.720. The van der Waals surface area contributed by atoms with Crippen LogP contribution in [-0.2, 0) is 22.6 Å². The molecule has 0 spiro atoms. The fourth-order valence-corrected chi connectivity index (χ4v) is 6.71. The van der Waals surface area contributed by atoms with Crippen LogP contribution < -0.4 is 20.5 Å². The van der Waals surface area contributed by atoms with Crippen molar-refractivity contribution < 1.29 is 27.8 Å². The highest BCUT2D eigenvalue weighted by atomic mass is 35.5. The molecule has 1 saturated carbocycles. The number of pyridine rings is 1. The first-order valence-electron chi connectivity index (χ1n) is 16.2. The summed E-state index contributed by atoms with van der Waals surface area (Å²) in [5.74, 6) is -1.60. The summed E-state index contributed by atoms with van der Waals surface area (Å²) in [6.07, 6.45) is 7.73. The standard InChI is InChI=1S/C36H39ClF2N4O4/c1-21-24(14-16-41-35(21)47-18-15-31(40)44)20-43(26-9-10-26)36(45)32-27(19-25-8-13-30(32)42-25)23-6-4-22(5-7-23)3-2-17-46-34-29(39)12-11-28(38)33(34)37/h4-7,11-12,14,16,25-26,30,42H,2-3,8-10,13,15,17-20H2,1H3,(H2,40,44). The van der Waals surface area contributed by atoms with Gasteiger partial charge in [0.1, 0.15) is 10.8 Å². The molecule has 0 radical (unpaired) electrons. The Balaban J connectivity index is 1.17. The van der Waals surface area contributed by atoms with E-state index in [0.29, 0.717) is 31.3 Å². The van der Waals surface area contributed by atoms with Crippen molar-refractivity contribution in [1.29, 1.82) is 0 Å². The van der Waals surface area contributed by atoms with Gasteiger partial charge in [-0.15, -0.1) is 0 Å². The molecule has 47 heavy (non-hydrogen) atoms. The lowest BCUT2D eigenvalue weighted by Gasteiger charge is -2.32. The molecule has 2 amide bonds. The van der Waals surface area contributed by atoms with E-state index in [1.165, 1.54) is 0 Å². The Labute approximate surface area is 278 Å². The highest BCUT2D eigenvalue weighted by Gasteiger charge is 2.42. The number of fused-ring (bicyclic) bond motifs is 2. The van der Waals surface area contributed by atoms with Crippen molar-refractivity contribution >= 4 is 29.0 Å². The Kier molecular flexibility index (Phi) is 10.1. The number of primary amides is 1. The van der Waals surface area contributed by atoms with E-state index in [2.05, 4.69) is 34.6 Å². The zero-order chi connectivity index (χ0) is 33.1. The van der Waals surface area contributed by atoms with Gasteiger partial charge in [-0.2, -0.15) is 0 Å². The van der Waals surface area contributed by atoms with Gasteiger partial charge in [0, 0.05) is 42.0 Å². The normalized spacial score (nSPS) is 18.7. The number of nitrogens with one attached hydrogen (secondary N) is 1. The van der Waals surface area contributed by atoms with E-state index >= 15 is 0 Å². The highest BCUT2D eigenvalue weighted by Crippen LogP contribution is 2.40. The van der Waals surface area contributed by atoms with E-state index in [1.807, 2.05) is 17.9 Å². The van der Waals surface area contributed by atoms with Gasteiger partial charge in [-0.3, -0.25) is 9.59 Å². The van der Waals surface area contributed by atoms with Gasteiger partial charge in [-0.25, -0.2) is 13.8 Å². The van der Waals surface area contributed by atoms with E-state index in [9.17, 15) is 18.4 Å². The lowest BCUT2D eigenvalue weighted by Crippen LogP contribution is -2.44. The third-order valence-electron chi connectivity index (χ3n) is 9.20. The van der Waals surface area contributed by atoms with Gasteiger partial charge in [-0.1, -0.05) is 35.9 Å². The summed E-state index contributed by atoms with van der Waals surface area (Å²) in [4.78, 5) is 32.0. The van der Waals surface area contributed by atoms with E-state index in [1.54, 1.807) is 6.20 Å². The Bertz CT molecular complexity index is 1680. The molecule has 2 fully saturated rings. The van der Waals surface area contributed by atoms with E-state index in [-0.39, 0.29) is 48.4 Å². The highest BCUT2D eigenvalue weighted by molar-refractivity contribution is 6.32. The quantitative estimate of drug-likeness (QED) is 0.160. The Morgan fingerprint density at radius 3 is 2.53 bits per heavy atom. The monoisotopic (exact) mass is 664 g/mol. The Hall–Kier alpha value is -4.02. The number of amides is 2. The molecule has 11 heteroatoms. The van der Waals surface area contributed by atoms with Crippen LogP contribution in [0.2, 0.25) is 5.02 Å². The maximum Gasteiger partial charge on any atom is 0.252 e. The topological polar surface area (TPSA) is 107 Å². The zero-order valence-electron chi connectivity index (χ0n) is 26.4. The van der Waals surface area contributed by atoms with Gasteiger partial charge >= 0.3 is 0 Å². The lowest BCUT2D eigenvalue weighted by atomic mass is 9.88. The second-order valence-corrected chi connectivity index (χ2v) is 12.9. The van der Waals surface area contributed by atoms with Gasteiger partial charge in [0.15, 0.2) is 11.6 Å². The molecule has 6 rings (SSSR count). The van der Waals surface area contributed by atoms with Crippen LogP contribution in [-0.4, -0.2) is 53.0 Å². The summed E-state index contributed by atoms with van der Waals surface area (Å²) < 4.78 is 38.9. The Morgan fingerprint density at radius 2 is 1.79 bits per heavy atom. The zero-order valence-corrected chi connectivity index (χ0v) is 27.1. The van der Waals surface area contributed by atoms with Crippen LogP contribution in [0.1, 0.15) is 67.2 Å². The number of nitrogens with zero attached hydrogens (tertiary/aromatic N) is 2. The third kappa shape index (κ3) is 7.60. The molecule has 3 aliphatic rings. The smallest absolute Gasteiger partial charge is 0.252 e. The molecular weight excluding hydrogens is 626 g/mol. The number of halogens is 3. The Morgan fingerprint density at radius 1 is 1.02 bits per heavy atom. The SMILES string of the molecule is Cc1c(CN(C(=O)C2=C(c3ccc(CCCOc4c(F)ccc(F)c4Cl)cc3)CC3CCC2N3)C2CC2)ccnc1OCCC(N)=O. The van der Waals surface area contributed by atoms with Gasteiger partial charge < -0.3 is 25.4 Å². The number of nitrogens with two attached hydrogens (primary N) is 1. The van der Waals surface area contributed by atoms with E-state index < -0.39 is 17.5 Å². The summed E-state index contributed by atoms with van der Waals surface area (Å²) >= 11 is 5.87. The molecule has 2 aromatic carbocycles. The maximum atomic E-state index is 14.5. The molecule has 1 aliphatic carbocycles. The molecule has 3 heterocycles. The number of aromatic nitrogens is 1. The van der Waals surface area contributed by atoms with Crippen LogP contribution >= 0.6 is 11.6 Å². The summed E-state index contributed by atoms with van der Waals surface area (Å²) in [7, 11) is 0. The largest absolute Gasteiger partial charge is 0.489 e. The van der Waals surface area contributed by atoms with Crippen LogP contribution in [0.4, 0.5) is 8.78 Å². The lowest BCUT2D eigenvalue weighted by molar-refractivity contribution is -0.128. The van der Waals surface area contributed by atoms with E-state index in [0.717, 1.165) is 77.6 Å². The van der Waals surface area contributed by atoms with Crippen LogP contribution in [0.5, 0.6) is 11.6 Å². The van der Waals surface area contributed by atoms with Crippen molar-refractivity contribution in [1.82, 2.24) is 15.2 Å². The fraction of sp³-hybridized carbons (Fsp3) is 0.417. The number of hydrogen-bond acceptors (Lipinski definition) is 6. The summed E-state index contributed by atoms with van der Waals surface area (Å²) in [5.41, 5.74) is 11.1. The summed E-state index contributed by atoms with van der Waals surface area (Å²) in [5, 5.41) is 3.32. The first-order chi connectivity index (χ1) is 22.7. The molecule has 3 aromatic rings. The molecule has 2 aliphatic heterocycles. The second kappa shape index (κ2) is 14.4. The fourth-order valence-electron chi connectivity index (χ4n) is 6.50. The number of ether oxygens (including phenoxy) is 2. The van der Waals surface area contributed by atoms with E-state index in [4.69, 9.17) is 26.8 Å². The molecule has 2 unspecified atom stereocenters. The van der Waals surface area contributed by atoms with Gasteiger partial charge in [0.05, 0.1) is 19.6 Å². The number of aryl methyl sites for hydroxylation is 1. The minimum Gasteiger partial charge on any atom is -0.489 e. The van der Waals surface area contributed by atoms with Gasteiger partial charge in [0.2, 0.25) is 11.8 Å². The number of carbonyl (C=O) groups excluding carboxylic acids is 2. The van der Waals surface area contributed by atoms with Crippen LogP contribution in [0.25, 0.3) is 5.57 Å². The predicted molar refractivity (Wildman–Crippen MR) is 175 cm³/mol. The molecule has 248 valence electrons. The number of benzene rings is 2. The molecular formula is C36H39ClF2N4O4. The van der Waals surface area contributed by atoms with Crippen molar-refractivity contribution in [3.05, 3.63) is 93.1 Å². The molecule has 1 saturated heterocycles.